The zero-order valence-electron chi connectivity index (χ0n) is 17.0. The molecule has 0 unspecified atom stereocenters. The summed E-state index contributed by atoms with van der Waals surface area (Å²) < 4.78 is 27.5. The number of amides is 1. The van der Waals surface area contributed by atoms with Gasteiger partial charge in [0, 0.05) is 50.0 Å². The zero-order chi connectivity index (χ0) is 21.9. The molecule has 30 heavy (non-hydrogen) atoms. The first-order valence-corrected chi connectivity index (χ1v) is 10.8. The minimum absolute atomic E-state index is 0.00863. The number of aromatic amines is 1. The largest absolute Gasteiger partial charge is 0.377 e. The van der Waals surface area contributed by atoms with E-state index in [1.807, 2.05) is 44.1 Å². The van der Waals surface area contributed by atoms with Gasteiger partial charge in [-0.05, 0) is 54.3 Å². The molecular formula is C21H24N4O4S. The summed E-state index contributed by atoms with van der Waals surface area (Å²) in [6.45, 7) is 1.95. The van der Waals surface area contributed by atoms with Gasteiger partial charge < -0.3 is 15.2 Å². The predicted octanol–water partition coefficient (Wildman–Crippen LogP) is 2.21. The Hall–Kier alpha value is -3.17. The number of anilines is 2. The molecule has 2 aromatic carbocycles. The van der Waals surface area contributed by atoms with Crippen molar-refractivity contribution in [3.8, 4) is 0 Å². The third-order valence-electron chi connectivity index (χ3n) is 4.62. The van der Waals surface area contributed by atoms with Crippen molar-refractivity contribution in [3.05, 3.63) is 64.4 Å². The molecule has 1 aromatic heterocycles. The Bertz CT molecular complexity index is 1250. The number of H-pyrrole nitrogens is 1. The number of fused-ring (bicyclic) bond motifs is 1. The van der Waals surface area contributed by atoms with Crippen LogP contribution >= 0.6 is 0 Å². The molecule has 1 heterocycles. The topological polar surface area (TPSA) is 111 Å². The van der Waals surface area contributed by atoms with Crippen molar-refractivity contribution in [3.63, 3.8) is 0 Å². The minimum Gasteiger partial charge on any atom is -0.377 e. The predicted molar refractivity (Wildman–Crippen MR) is 119 cm³/mol. The number of carbonyl (C=O) groups is 1. The number of pyridine rings is 1. The van der Waals surface area contributed by atoms with E-state index in [1.54, 1.807) is 6.07 Å². The number of benzene rings is 2. The van der Waals surface area contributed by atoms with Crippen molar-refractivity contribution >= 4 is 38.2 Å². The number of sulfonamides is 1. The van der Waals surface area contributed by atoms with Crippen molar-refractivity contribution in [1.29, 1.82) is 0 Å². The normalized spacial score (nSPS) is 11.4. The highest BCUT2D eigenvalue weighted by atomic mass is 32.2. The molecule has 0 fully saturated rings. The van der Waals surface area contributed by atoms with Crippen LogP contribution in [0.3, 0.4) is 0 Å². The maximum atomic E-state index is 12.5. The van der Waals surface area contributed by atoms with Gasteiger partial charge in [0.25, 0.3) is 0 Å². The number of rotatable bonds is 7. The van der Waals surface area contributed by atoms with E-state index in [9.17, 15) is 18.0 Å². The monoisotopic (exact) mass is 428 g/mol. The number of hydrogen-bond donors (Lipinski definition) is 3. The minimum atomic E-state index is -3.78. The van der Waals surface area contributed by atoms with E-state index in [4.69, 9.17) is 0 Å². The van der Waals surface area contributed by atoms with E-state index in [1.165, 1.54) is 24.3 Å². The fourth-order valence-corrected chi connectivity index (χ4v) is 4.14. The van der Waals surface area contributed by atoms with Crippen LogP contribution in [-0.2, 0) is 14.8 Å². The smallest absolute Gasteiger partial charge is 0.248 e. The van der Waals surface area contributed by atoms with Gasteiger partial charge in [0.15, 0.2) is 0 Å². The average Bonchev–Trinajstić information content (AvgIpc) is 2.68. The third-order valence-corrected chi connectivity index (χ3v) is 6.08. The summed E-state index contributed by atoms with van der Waals surface area (Å²) in [5.74, 6) is -0.289. The second-order valence-electron chi connectivity index (χ2n) is 7.16. The quantitative estimate of drug-likeness (QED) is 0.534. The van der Waals surface area contributed by atoms with Crippen molar-refractivity contribution in [2.45, 2.75) is 18.2 Å². The van der Waals surface area contributed by atoms with Crippen molar-refractivity contribution < 1.29 is 13.2 Å². The summed E-state index contributed by atoms with van der Waals surface area (Å²) in [7, 11) is 0.0649. The zero-order valence-corrected chi connectivity index (χ0v) is 17.8. The van der Waals surface area contributed by atoms with Crippen LogP contribution in [0.2, 0.25) is 0 Å². The van der Waals surface area contributed by atoms with Gasteiger partial charge >= 0.3 is 0 Å². The Labute approximate surface area is 175 Å². The van der Waals surface area contributed by atoms with Crippen LogP contribution in [0.4, 0.5) is 11.4 Å². The maximum Gasteiger partial charge on any atom is 0.248 e. The third kappa shape index (κ3) is 5.05. The summed E-state index contributed by atoms with van der Waals surface area (Å²) in [4.78, 5) is 28.2. The number of hydrogen-bond acceptors (Lipinski definition) is 5. The Morgan fingerprint density at radius 2 is 1.83 bits per heavy atom. The lowest BCUT2D eigenvalue weighted by atomic mass is 10.1. The number of nitrogens with zero attached hydrogens (tertiary/aromatic N) is 1. The Balaban J connectivity index is 1.61. The molecule has 0 bridgehead atoms. The number of nitrogens with one attached hydrogen (secondary N) is 3. The molecule has 3 N–H and O–H groups in total. The highest BCUT2D eigenvalue weighted by Gasteiger charge is 2.15. The molecule has 9 heteroatoms. The second-order valence-corrected chi connectivity index (χ2v) is 8.93. The van der Waals surface area contributed by atoms with Crippen molar-refractivity contribution in [1.82, 2.24) is 9.71 Å². The first kappa shape index (κ1) is 21.5. The molecule has 158 valence electrons. The van der Waals surface area contributed by atoms with Crippen molar-refractivity contribution in [2.75, 3.05) is 30.9 Å². The summed E-state index contributed by atoms with van der Waals surface area (Å²) in [5, 5.41) is 3.39. The van der Waals surface area contributed by atoms with Crippen LogP contribution in [-0.4, -0.2) is 39.9 Å². The first-order chi connectivity index (χ1) is 14.2. The fourth-order valence-electron chi connectivity index (χ4n) is 3.07. The standard InChI is InChI=1S/C21H24N4O4S/c1-14-4-6-16(13-19(14)25(2)3)23-21(27)10-11-22-30(28,29)17-7-8-18-15(12-17)5-9-20(26)24-18/h4-9,12-13,22H,10-11H2,1-3H3,(H,23,27)(H,24,26). The number of carbonyl (C=O) groups excluding carboxylic acids is 1. The molecule has 0 spiro atoms. The molecule has 0 aliphatic rings. The molecule has 8 nitrogen and oxygen atoms in total. The second kappa shape index (κ2) is 8.68. The fraction of sp³-hybridized carbons (Fsp3) is 0.238. The van der Waals surface area contributed by atoms with E-state index in [0.717, 1.165) is 11.3 Å². The van der Waals surface area contributed by atoms with Crippen LogP contribution < -0.4 is 20.5 Å². The lowest BCUT2D eigenvalue weighted by Gasteiger charge is -2.17. The Kier molecular flexibility index (Phi) is 6.23. The van der Waals surface area contributed by atoms with Gasteiger partial charge in [-0.2, -0.15) is 0 Å². The van der Waals surface area contributed by atoms with Crippen LogP contribution in [0.5, 0.6) is 0 Å². The van der Waals surface area contributed by atoms with Crippen LogP contribution in [0, 0.1) is 6.92 Å². The molecule has 0 aliphatic carbocycles. The van der Waals surface area contributed by atoms with Gasteiger partial charge in [0.2, 0.25) is 21.5 Å². The lowest BCUT2D eigenvalue weighted by Crippen LogP contribution is -2.28. The van der Waals surface area contributed by atoms with Gasteiger partial charge in [0.05, 0.1) is 4.90 Å². The lowest BCUT2D eigenvalue weighted by molar-refractivity contribution is -0.116. The SMILES string of the molecule is Cc1ccc(NC(=O)CCNS(=O)(=O)c2ccc3[nH]c(=O)ccc3c2)cc1N(C)C. The molecule has 0 saturated heterocycles. The molecular weight excluding hydrogens is 404 g/mol. The van der Waals surface area contributed by atoms with E-state index in [2.05, 4.69) is 15.0 Å². The van der Waals surface area contributed by atoms with Gasteiger partial charge in [-0.15, -0.1) is 0 Å². The van der Waals surface area contributed by atoms with Gasteiger partial charge in [-0.25, -0.2) is 13.1 Å². The maximum absolute atomic E-state index is 12.5. The molecule has 0 radical (unpaired) electrons. The molecule has 3 rings (SSSR count). The van der Waals surface area contributed by atoms with Gasteiger partial charge in [-0.1, -0.05) is 6.07 Å². The average molecular weight is 429 g/mol. The van der Waals surface area contributed by atoms with Crippen LogP contribution in [0.15, 0.2) is 58.2 Å². The summed E-state index contributed by atoms with van der Waals surface area (Å²) in [5.41, 5.74) is 3.03. The molecule has 1 amide bonds. The Morgan fingerprint density at radius 3 is 2.57 bits per heavy atom. The van der Waals surface area contributed by atoms with Crippen LogP contribution in [0.1, 0.15) is 12.0 Å². The number of aromatic nitrogens is 1. The molecule has 3 aromatic rings. The van der Waals surface area contributed by atoms with Crippen molar-refractivity contribution in [2.24, 2.45) is 0 Å². The van der Waals surface area contributed by atoms with E-state index < -0.39 is 10.0 Å². The summed E-state index contributed by atoms with van der Waals surface area (Å²) >= 11 is 0. The van der Waals surface area contributed by atoms with E-state index >= 15 is 0 Å². The van der Waals surface area contributed by atoms with Gasteiger partial charge in [-0.3, -0.25) is 9.59 Å². The molecule has 0 atom stereocenters. The van der Waals surface area contributed by atoms with E-state index in [0.29, 0.717) is 16.6 Å². The molecule has 0 saturated carbocycles. The first-order valence-electron chi connectivity index (χ1n) is 9.36. The van der Waals surface area contributed by atoms with E-state index in [-0.39, 0.29) is 29.3 Å². The Morgan fingerprint density at radius 1 is 1.07 bits per heavy atom. The highest BCUT2D eigenvalue weighted by molar-refractivity contribution is 7.89. The summed E-state index contributed by atoms with van der Waals surface area (Å²) in [6, 6.07) is 12.9. The molecule has 0 aliphatic heterocycles. The van der Waals surface area contributed by atoms with Crippen LogP contribution in [0.25, 0.3) is 10.9 Å². The number of aryl methyl sites for hydroxylation is 1. The highest BCUT2D eigenvalue weighted by Crippen LogP contribution is 2.22. The summed E-state index contributed by atoms with van der Waals surface area (Å²) in [6.07, 6.45) is -0.00863. The van der Waals surface area contributed by atoms with Gasteiger partial charge in [0.1, 0.15) is 0 Å².